The zero-order valence-corrected chi connectivity index (χ0v) is 11.0. The molecule has 0 spiro atoms. The summed E-state index contributed by atoms with van der Waals surface area (Å²) in [4.78, 5) is 0. The summed E-state index contributed by atoms with van der Waals surface area (Å²) in [6.45, 7) is 2.09. The molecule has 1 unspecified atom stereocenters. The molecule has 0 saturated carbocycles. The predicted octanol–water partition coefficient (Wildman–Crippen LogP) is 4.73. The molecule has 1 aromatic rings. The third-order valence-electron chi connectivity index (χ3n) is 2.34. The predicted molar refractivity (Wildman–Crippen MR) is 66.8 cm³/mol. The van der Waals surface area contributed by atoms with E-state index in [1.807, 2.05) is 12.1 Å². The molecule has 1 aromatic carbocycles. The van der Waals surface area contributed by atoms with Crippen molar-refractivity contribution in [1.82, 2.24) is 0 Å². The molecule has 1 atom stereocenters. The van der Waals surface area contributed by atoms with Crippen molar-refractivity contribution in [2.45, 2.75) is 19.3 Å². The minimum absolute atomic E-state index is 0.350. The number of methoxy groups -OCH3 is 1. The van der Waals surface area contributed by atoms with Gasteiger partial charge in [0.2, 0.25) is 0 Å². The highest BCUT2D eigenvalue weighted by atomic mass is 35.5. The van der Waals surface area contributed by atoms with Gasteiger partial charge in [-0.2, -0.15) is 0 Å². The number of halogens is 3. The third-order valence-corrected chi connectivity index (χ3v) is 3.12. The lowest BCUT2D eigenvalue weighted by atomic mass is 9.98. The van der Waals surface area contributed by atoms with Crippen LogP contribution < -0.4 is 4.74 Å². The molecule has 0 bridgehead atoms. The first-order valence-corrected chi connectivity index (χ1v) is 5.98. The molecular weight excluding hydrogens is 254 g/mol. The van der Waals surface area contributed by atoms with Crippen LogP contribution in [0, 0.1) is 0 Å². The number of rotatable bonds is 4. The monoisotopic (exact) mass is 266 g/mol. The average molecular weight is 268 g/mol. The Morgan fingerprint density at radius 3 is 2.20 bits per heavy atom. The maximum atomic E-state index is 6.04. The summed E-state index contributed by atoms with van der Waals surface area (Å²) in [7, 11) is 1.55. The van der Waals surface area contributed by atoms with Crippen molar-refractivity contribution in [3.63, 3.8) is 0 Å². The van der Waals surface area contributed by atoms with Crippen molar-refractivity contribution in [2.24, 2.45) is 0 Å². The Kier molecular flexibility index (Phi) is 5.04. The maximum absolute atomic E-state index is 6.04. The van der Waals surface area contributed by atoms with Gasteiger partial charge in [-0.05, 0) is 30.0 Å². The summed E-state index contributed by atoms with van der Waals surface area (Å²) in [5.74, 6) is 1.51. The molecule has 0 amide bonds. The van der Waals surface area contributed by atoms with Gasteiger partial charge in [-0.25, -0.2) is 0 Å². The van der Waals surface area contributed by atoms with E-state index in [0.717, 1.165) is 12.0 Å². The second-order valence-electron chi connectivity index (χ2n) is 3.40. The van der Waals surface area contributed by atoms with Gasteiger partial charge in [0.1, 0.15) is 0 Å². The van der Waals surface area contributed by atoms with Crippen molar-refractivity contribution in [3.05, 3.63) is 27.7 Å². The van der Waals surface area contributed by atoms with Gasteiger partial charge in [0, 0.05) is 5.88 Å². The van der Waals surface area contributed by atoms with Gasteiger partial charge in [-0.1, -0.05) is 30.1 Å². The number of alkyl halides is 1. The second-order valence-corrected chi connectivity index (χ2v) is 4.59. The first kappa shape index (κ1) is 13.0. The fraction of sp³-hybridized carbons (Fsp3) is 0.455. The van der Waals surface area contributed by atoms with E-state index in [0.29, 0.717) is 27.6 Å². The second kappa shape index (κ2) is 5.83. The Balaban J connectivity index is 3.02. The van der Waals surface area contributed by atoms with Crippen LogP contribution in [0.5, 0.6) is 5.75 Å². The highest BCUT2D eigenvalue weighted by Gasteiger charge is 2.12. The molecule has 84 valence electrons. The van der Waals surface area contributed by atoms with E-state index >= 15 is 0 Å². The summed E-state index contributed by atoms with van der Waals surface area (Å²) in [5, 5.41) is 1.09. The molecule has 0 saturated heterocycles. The van der Waals surface area contributed by atoms with Crippen LogP contribution in [0.4, 0.5) is 0 Å². The standard InChI is InChI=1S/C11H13Cl3O/c1-7(3-4-12)8-5-9(13)11(15-2)10(14)6-8/h5-7H,3-4H2,1-2H3. The Morgan fingerprint density at radius 2 is 1.80 bits per heavy atom. The van der Waals surface area contributed by atoms with E-state index in [9.17, 15) is 0 Å². The zero-order chi connectivity index (χ0) is 11.4. The highest BCUT2D eigenvalue weighted by molar-refractivity contribution is 6.37. The fourth-order valence-electron chi connectivity index (χ4n) is 1.39. The van der Waals surface area contributed by atoms with Crippen molar-refractivity contribution in [1.29, 1.82) is 0 Å². The van der Waals surface area contributed by atoms with Crippen LogP contribution in [-0.2, 0) is 0 Å². The van der Waals surface area contributed by atoms with Crippen LogP contribution in [0.25, 0.3) is 0 Å². The van der Waals surface area contributed by atoms with Gasteiger partial charge < -0.3 is 4.74 Å². The normalized spacial score (nSPS) is 12.6. The number of hydrogen-bond acceptors (Lipinski definition) is 1. The summed E-state index contributed by atoms with van der Waals surface area (Å²) in [6, 6.07) is 3.76. The van der Waals surface area contributed by atoms with Gasteiger partial charge in [-0.15, -0.1) is 11.6 Å². The van der Waals surface area contributed by atoms with E-state index in [2.05, 4.69) is 6.92 Å². The fourth-order valence-corrected chi connectivity index (χ4v) is 2.37. The lowest BCUT2D eigenvalue weighted by Gasteiger charge is -2.13. The van der Waals surface area contributed by atoms with Crippen molar-refractivity contribution in [2.75, 3.05) is 13.0 Å². The van der Waals surface area contributed by atoms with Crippen LogP contribution in [0.3, 0.4) is 0 Å². The van der Waals surface area contributed by atoms with E-state index in [1.54, 1.807) is 7.11 Å². The Labute approximate surface area is 105 Å². The van der Waals surface area contributed by atoms with E-state index < -0.39 is 0 Å². The van der Waals surface area contributed by atoms with Gasteiger partial charge in [0.05, 0.1) is 17.2 Å². The van der Waals surface area contributed by atoms with E-state index in [4.69, 9.17) is 39.5 Å². The molecule has 15 heavy (non-hydrogen) atoms. The first-order chi connectivity index (χ1) is 7.10. The SMILES string of the molecule is COc1c(Cl)cc(C(C)CCCl)cc1Cl. The van der Waals surface area contributed by atoms with Crippen molar-refractivity contribution >= 4 is 34.8 Å². The molecule has 1 rings (SSSR count). The van der Waals surface area contributed by atoms with Gasteiger partial charge in [0.15, 0.2) is 5.75 Å². The highest BCUT2D eigenvalue weighted by Crippen LogP contribution is 2.36. The third kappa shape index (κ3) is 3.17. The number of hydrogen-bond donors (Lipinski definition) is 0. The van der Waals surface area contributed by atoms with Crippen LogP contribution in [0.2, 0.25) is 10.0 Å². The molecule has 0 heterocycles. The molecule has 0 N–H and O–H groups in total. The van der Waals surface area contributed by atoms with Crippen LogP contribution in [0.15, 0.2) is 12.1 Å². The Hall–Kier alpha value is -0.110. The van der Waals surface area contributed by atoms with Gasteiger partial charge in [0.25, 0.3) is 0 Å². The zero-order valence-electron chi connectivity index (χ0n) is 8.69. The topological polar surface area (TPSA) is 9.23 Å². The molecule has 4 heteroatoms. The lowest BCUT2D eigenvalue weighted by molar-refractivity contribution is 0.415. The van der Waals surface area contributed by atoms with Crippen molar-refractivity contribution < 1.29 is 4.74 Å². The van der Waals surface area contributed by atoms with E-state index in [-0.39, 0.29) is 0 Å². The molecular formula is C11H13Cl3O. The van der Waals surface area contributed by atoms with Crippen LogP contribution in [0.1, 0.15) is 24.8 Å². The summed E-state index contributed by atoms with van der Waals surface area (Å²) >= 11 is 17.8. The number of ether oxygens (including phenoxy) is 1. The summed E-state index contributed by atoms with van der Waals surface area (Å²) in [6.07, 6.45) is 0.903. The molecule has 0 aliphatic rings. The summed E-state index contributed by atoms with van der Waals surface area (Å²) in [5.41, 5.74) is 1.09. The molecule has 0 radical (unpaired) electrons. The molecule has 0 fully saturated rings. The van der Waals surface area contributed by atoms with Crippen LogP contribution >= 0.6 is 34.8 Å². The number of benzene rings is 1. The molecule has 0 aromatic heterocycles. The largest absolute Gasteiger partial charge is 0.494 e. The molecule has 0 aliphatic heterocycles. The van der Waals surface area contributed by atoms with Gasteiger partial charge in [-0.3, -0.25) is 0 Å². The lowest BCUT2D eigenvalue weighted by Crippen LogP contribution is -1.96. The van der Waals surface area contributed by atoms with Crippen LogP contribution in [-0.4, -0.2) is 13.0 Å². The maximum Gasteiger partial charge on any atom is 0.156 e. The average Bonchev–Trinajstić information content (AvgIpc) is 2.17. The molecule has 1 nitrogen and oxygen atoms in total. The summed E-state index contributed by atoms with van der Waals surface area (Å²) < 4.78 is 5.08. The Bertz CT molecular complexity index is 316. The van der Waals surface area contributed by atoms with E-state index in [1.165, 1.54) is 0 Å². The first-order valence-electron chi connectivity index (χ1n) is 4.69. The minimum atomic E-state index is 0.350. The quantitative estimate of drug-likeness (QED) is 0.716. The molecule has 0 aliphatic carbocycles. The van der Waals surface area contributed by atoms with Gasteiger partial charge >= 0.3 is 0 Å². The minimum Gasteiger partial charge on any atom is -0.494 e. The smallest absolute Gasteiger partial charge is 0.156 e. The Morgan fingerprint density at radius 1 is 1.27 bits per heavy atom. The van der Waals surface area contributed by atoms with Crippen molar-refractivity contribution in [3.8, 4) is 5.75 Å².